The molecule has 174 valence electrons. The van der Waals surface area contributed by atoms with Crippen LogP contribution in [0.5, 0.6) is 0 Å². The van der Waals surface area contributed by atoms with Gasteiger partial charge in [0.2, 0.25) is 5.91 Å². The Morgan fingerprint density at radius 1 is 1.12 bits per heavy atom. The first-order valence-electron chi connectivity index (χ1n) is 11.8. The number of amides is 1. The number of hydrogen-bond acceptors (Lipinski definition) is 4. The van der Waals surface area contributed by atoms with Crippen molar-refractivity contribution in [2.24, 2.45) is 17.3 Å². The molecule has 0 bridgehead atoms. The molecular weight excluding hydrogens is 410 g/mol. The summed E-state index contributed by atoms with van der Waals surface area (Å²) >= 11 is 0. The molecule has 2 atom stereocenters. The number of anilines is 3. The Morgan fingerprint density at radius 2 is 1.79 bits per heavy atom. The number of hydrogen-bond donors (Lipinski definition) is 1. The largest absolute Gasteiger partial charge is 0.378 e. The predicted octanol–water partition coefficient (Wildman–Crippen LogP) is 5.80. The molecule has 5 nitrogen and oxygen atoms in total. The van der Waals surface area contributed by atoms with Crippen molar-refractivity contribution >= 4 is 28.8 Å². The van der Waals surface area contributed by atoms with E-state index < -0.39 is 12.0 Å². The molecule has 2 unspecified atom stereocenters. The Morgan fingerprint density at radius 3 is 2.42 bits per heavy atom. The lowest BCUT2D eigenvalue weighted by Gasteiger charge is -2.39. The van der Waals surface area contributed by atoms with Crippen LogP contribution in [-0.2, 0) is 9.59 Å². The fraction of sp³-hybridized carbons (Fsp3) is 0.429. The van der Waals surface area contributed by atoms with Gasteiger partial charge in [0.05, 0.1) is 23.3 Å². The molecule has 5 heteroatoms. The van der Waals surface area contributed by atoms with Crippen LogP contribution in [0.4, 0.5) is 17.1 Å². The summed E-state index contributed by atoms with van der Waals surface area (Å²) in [5.41, 5.74) is 4.40. The Bertz CT molecular complexity index is 1080. The number of carbonyl (C=O) groups excluding carboxylic acids is 2. The molecule has 2 aliphatic rings. The number of nitrogens with zero attached hydrogens (tertiary/aromatic N) is 2. The fourth-order valence-electron chi connectivity index (χ4n) is 5.05. The van der Waals surface area contributed by atoms with Crippen LogP contribution in [0.2, 0.25) is 0 Å². The van der Waals surface area contributed by atoms with Crippen molar-refractivity contribution in [3.63, 3.8) is 0 Å². The summed E-state index contributed by atoms with van der Waals surface area (Å²) in [5.74, 6) is -0.0120. The highest BCUT2D eigenvalue weighted by atomic mass is 16.2. The van der Waals surface area contributed by atoms with Crippen LogP contribution in [0.1, 0.15) is 52.1 Å². The van der Waals surface area contributed by atoms with Crippen molar-refractivity contribution in [3.8, 4) is 0 Å². The van der Waals surface area contributed by atoms with Crippen molar-refractivity contribution in [2.75, 3.05) is 29.2 Å². The molecule has 0 spiro atoms. The molecule has 1 aliphatic heterocycles. The number of allylic oxidation sites excluding steroid dienone is 1. The fourth-order valence-corrected chi connectivity index (χ4v) is 5.05. The summed E-state index contributed by atoms with van der Waals surface area (Å²) in [4.78, 5) is 31.4. The molecule has 1 amide bonds. The standard InChI is InChI=1S/C28H35N3O2/c1-18(2)15-25(33)31-23-10-8-7-9-21(23)29-22-16-28(3,4)17-24(32)26(22)27(31)19-11-13-20(14-12-19)30(5)6/h7-14,16,18,26-27,29H,15,17H2,1-6H3. The van der Waals surface area contributed by atoms with Gasteiger partial charge in [-0.2, -0.15) is 0 Å². The Kier molecular flexibility index (Phi) is 6.08. The zero-order valence-corrected chi connectivity index (χ0v) is 20.6. The topological polar surface area (TPSA) is 52.7 Å². The molecule has 33 heavy (non-hydrogen) atoms. The number of carbonyl (C=O) groups is 2. The smallest absolute Gasteiger partial charge is 0.227 e. The minimum Gasteiger partial charge on any atom is -0.378 e. The summed E-state index contributed by atoms with van der Waals surface area (Å²) in [6, 6.07) is 15.7. The number of rotatable bonds is 4. The van der Waals surface area contributed by atoms with Gasteiger partial charge >= 0.3 is 0 Å². The highest BCUT2D eigenvalue weighted by Crippen LogP contribution is 2.48. The molecule has 2 aromatic carbocycles. The molecule has 4 rings (SSSR count). The van der Waals surface area contributed by atoms with Gasteiger partial charge in [-0.3, -0.25) is 9.59 Å². The van der Waals surface area contributed by atoms with Gasteiger partial charge in [0.1, 0.15) is 5.78 Å². The summed E-state index contributed by atoms with van der Waals surface area (Å²) < 4.78 is 0. The maximum atomic E-state index is 13.8. The average molecular weight is 446 g/mol. The van der Waals surface area contributed by atoms with Gasteiger partial charge in [-0.25, -0.2) is 0 Å². The second-order valence-electron chi connectivity index (χ2n) is 10.6. The third-order valence-corrected chi connectivity index (χ3v) is 6.50. The van der Waals surface area contributed by atoms with Crippen LogP contribution in [0.25, 0.3) is 0 Å². The van der Waals surface area contributed by atoms with E-state index in [1.165, 1.54) is 0 Å². The minimum absolute atomic E-state index is 0.0415. The van der Waals surface area contributed by atoms with Gasteiger partial charge in [0.25, 0.3) is 0 Å². The Balaban J connectivity index is 1.95. The van der Waals surface area contributed by atoms with E-state index in [0.29, 0.717) is 12.8 Å². The molecule has 1 N–H and O–H groups in total. The van der Waals surface area contributed by atoms with E-state index in [1.807, 2.05) is 43.3 Å². The zero-order chi connectivity index (χ0) is 23.9. The molecule has 2 aromatic rings. The number of nitrogens with one attached hydrogen (secondary N) is 1. The third-order valence-electron chi connectivity index (χ3n) is 6.50. The Hall–Kier alpha value is -3.08. The van der Waals surface area contributed by atoms with E-state index in [-0.39, 0.29) is 23.0 Å². The first kappa shape index (κ1) is 23.1. The van der Waals surface area contributed by atoms with Crippen LogP contribution in [0.3, 0.4) is 0 Å². The lowest BCUT2D eigenvalue weighted by molar-refractivity contribution is -0.125. The van der Waals surface area contributed by atoms with E-state index in [1.54, 1.807) is 0 Å². The molecule has 0 saturated heterocycles. The summed E-state index contributed by atoms with van der Waals surface area (Å²) in [6.45, 7) is 8.30. The lowest BCUT2D eigenvalue weighted by atomic mass is 9.72. The number of ketones is 1. The molecule has 1 aliphatic carbocycles. The molecule has 0 radical (unpaired) electrons. The van der Waals surface area contributed by atoms with E-state index in [0.717, 1.165) is 28.3 Å². The average Bonchev–Trinajstić information content (AvgIpc) is 2.86. The van der Waals surface area contributed by atoms with E-state index in [2.05, 4.69) is 68.3 Å². The van der Waals surface area contributed by atoms with Gasteiger partial charge < -0.3 is 15.1 Å². The van der Waals surface area contributed by atoms with Crippen LogP contribution >= 0.6 is 0 Å². The van der Waals surface area contributed by atoms with Crippen LogP contribution in [0.15, 0.2) is 60.3 Å². The SMILES string of the molecule is CC(C)CC(=O)N1c2ccccc2NC2=CC(C)(C)CC(=O)C2C1c1ccc(N(C)C)cc1. The zero-order valence-electron chi connectivity index (χ0n) is 20.6. The van der Waals surface area contributed by atoms with Gasteiger partial charge in [-0.1, -0.05) is 58.0 Å². The van der Waals surface area contributed by atoms with Crippen LogP contribution in [0, 0.1) is 17.3 Å². The second kappa shape index (κ2) is 8.69. The van der Waals surface area contributed by atoms with Crippen molar-refractivity contribution in [3.05, 3.63) is 65.9 Å². The molecular formula is C28H35N3O2. The van der Waals surface area contributed by atoms with E-state index in [4.69, 9.17) is 0 Å². The van der Waals surface area contributed by atoms with Gasteiger partial charge in [-0.05, 0) is 41.2 Å². The van der Waals surface area contributed by atoms with Crippen LogP contribution < -0.4 is 15.1 Å². The van der Waals surface area contributed by atoms with Gasteiger partial charge in [-0.15, -0.1) is 0 Å². The number of benzene rings is 2. The van der Waals surface area contributed by atoms with Crippen molar-refractivity contribution < 1.29 is 9.59 Å². The number of Topliss-reactive ketones (excluding diaryl/α,β-unsaturated/α-hetero) is 1. The van der Waals surface area contributed by atoms with Crippen molar-refractivity contribution in [2.45, 2.75) is 46.6 Å². The van der Waals surface area contributed by atoms with Crippen LogP contribution in [-0.4, -0.2) is 25.8 Å². The number of fused-ring (bicyclic) bond motifs is 2. The first-order chi connectivity index (χ1) is 15.6. The van der Waals surface area contributed by atoms with Crippen molar-refractivity contribution in [1.82, 2.24) is 0 Å². The third kappa shape index (κ3) is 4.54. The molecule has 0 fully saturated rings. The quantitative estimate of drug-likeness (QED) is 0.646. The van der Waals surface area contributed by atoms with Crippen molar-refractivity contribution in [1.29, 1.82) is 0 Å². The monoisotopic (exact) mass is 445 g/mol. The minimum atomic E-state index is -0.438. The second-order valence-corrected chi connectivity index (χ2v) is 10.6. The van der Waals surface area contributed by atoms with E-state index in [9.17, 15) is 9.59 Å². The Labute approximate surface area is 197 Å². The summed E-state index contributed by atoms with van der Waals surface area (Å²) in [7, 11) is 4.01. The van der Waals surface area contributed by atoms with Gasteiger partial charge in [0, 0.05) is 38.3 Å². The maximum absolute atomic E-state index is 13.8. The first-order valence-corrected chi connectivity index (χ1v) is 11.8. The highest BCUT2D eigenvalue weighted by molar-refractivity contribution is 6.01. The highest BCUT2D eigenvalue weighted by Gasteiger charge is 2.46. The van der Waals surface area contributed by atoms with E-state index >= 15 is 0 Å². The van der Waals surface area contributed by atoms with Gasteiger partial charge in [0.15, 0.2) is 0 Å². The lowest BCUT2D eigenvalue weighted by Crippen LogP contribution is -2.44. The molecule has 1 heterocycles. The number of para-hydroxylation sites is 2. The molecule has 0 saturated carbocycles. The normalized spacial score (nSPS) is 21.5. The summed E-state index contributed by atoms with van der Waals surface area (Å²) in [6.07, 6.45) is 3.07. The summed E-state index contributed by atoms with van der Waals surface area (Å²) in [5, 5.41) is 3.55. The predicted molar refractivity (Wildman–Crippen MR) is 135 cm³/mol. The maximum Gasteiger partial charge on any atom is 0.227 e. The molecule has 0 aromatic heterocycles.